The molecule has 1 nitrogen and oxygen atoms in total. The number of alkyl halides is 1. The van der Waals surface area contributed by atoms with Crippen molar-refractivity contribution in [3.05, 3.63) is 35.2 Å². The SMILES string of the molecule is CCCc1ccc(OCC)cc1[C](C)CF. The van der Waals surface area contributed by atoms with Crippen LogP contribution in [0, 0.1) is 5.92 Å². The molecular weight excluding hydrogens is 203 g/mol. The van der Waals surface area contributed by atoms with Crippen molar-refractivity contribution < 1.29 is 9.13 Å². The van der Waals surface area contributed by atoms with E-state index in [0.717, 1.165) is 30.1 Å². The predicted octanol–water partition coefficient (Wildman–Crippen LogP) is 3.95. The van der Waals surface area contributed by atoms with Crippen molar-refractivity contribution in [2.45, 2.75) is 33.6 Å². The quantitative estimate of drug-likeness (QED) is 0.709. The molecule has 0 atom stereocenters. The molecular formula is C14H20FO. The third-order valence-electron chi connectivity index (χ3n) is 2.57. The first-order valence-electron chi connectivity index (χ1n) is 5.87. The van der Waals surface area contributed by atoms with Gasteiger partial charge in [-0.15, -0.1) is 0 Å². The zero-order valence-corrected chi connectivity index (χ0v) is 10.3. The van der Waals surface area contributed by atoms with Gasteiger partial charge in [-0.2, -0.15) is 0 Å². The highest BCUT2D eigenvalue weighted by Crippen LogP contribution is 2.25. The van der Waals surface area contributed by atoms with E-state index in [9.17, 15) is 4.39 Å². The van der Waals surface area contributed by atoms with Crippen molar-refractivity contribution in [2.75, 3.05) is 13.3 Å². The van der Waals surface area contributed by atoms with Crippen LogP contribution in [0.2, 0.25) is 0 Å². The maximum Gasteiger partial charge on any atom is 0.119 e. The van der Waals surface area contributed by atoms with E-state index in [1.54, 1.807) is 0 Å². The molecule has 0 amide bonds. The van der Waals surface area contributed by atoms with Gasteiger partial charge >= 0.3 is 0 Å². The molecule has 0 unspecified atom stereocenters. The maximum atomic E-state index is 12.7. The first kappa shape index (κ1) is 13.0. The van der Waals surface area contributed by atoms with Crippen molar-refractivity contribution in [3.63, 3.8) is 0 Å². The van der Waals surface area contributed by atoms with E-state index in [0.29, 0.717) is 6.61 Å². The Bertz CT molecular complexity index is 323. The highest BCUT2D eigenvalue weighted by atomic mass is 19.1. The molecule has 0 heterocycles. The molecule has 1 aromatic rings. The molecule has 0 aliphatic heterocycles. The van der Waals surface area contributed by atoms with Gasteiger partial charge in [-0.1, -0.05) is 26.3 Å². The number of ether oxygens (including phenoxy) is 1. The van der Waals surface area contributed by atoms with E-state index in [1.807, 2.05) is 32.0 Å². The lowest BCUT2D eigenvalue weighted by atomic mass is 9.94. The monoisotopic (exact) mass is 223 g/mol. The third-order valence-corrected chi connectivity index (χ3v) is 2.57. The van der Waals surface area contributed by atoms with Gasteiger partial charge in [0.15, 0.2) is 0 Å². The van der Waals surface area contributed by atoms with E-state index in [2.05, 4.69) is 6.92 Å². The topological polar surface area (TPSA) is 9.23 Å². The highest BCUT2D eigenvalue weighted by Gasteiger charge is 2.12. The van der Waals surface area contributed by atoms with Crippen LogP contribution in [0.15, 0.2) is 18.2 Å². The van der Waals surface area contributed by atoms with Gasteiger partial charge in [0.2, 0.25) is 0 Å². The number of benzene rings is 1. The summed E-state index contributed by atoms with van der Waals surface area (Å²) in [6.45, 7) is 6.16. The van der Waals surface area contributed by atoms with Gasteiger partial charge in [0.05, 0.1) is 13.3 Å². The molecule has 1 rings (SSSR count). The Morgan fingerprint density at radius 3 is 2.62 bits per heavy atom. The summed E-state index contributed by atoms with van der Waals surface area (Å²) < 4.78 is 18.2. The van der Waals surface area contributed by atoms with E-state index < -0.39 is 6.67 Å². The molecule has 1 aromatic carbocycles. The molecule has 0 aliphatic carbocycles. The zero-order chi connectivity index (χ0) is 12.0. The van der Waals surface area contributed by atoms with Crippen LogP contribution in [0.1, 0.15) is 38.3 Å². The molecule has 0 bridgehead atoms. The summed E-state index contributed by atoms with van der Waals surface area (Å²) in [7, 11) is 0. The molecule has 0 spiro atoms. The summed E-state index contributed by atoms with van der Waals surface area (Å²) in [6, 6.07) is 5.95. The molecule has 2 heteroatoms. The van der Waals surface area contributed by atoms with Crippen molar-refractivity contribution in [3.8, 4) is 5.75 Å². The number of hydrogen-bond acceptors (Lipinski definition) is 1. The van der Waals surface area contributed by atoms with Gasteiger partial charge in [0.1, 0.15) is 5.75 Å². The Morgan fingerprint density at radius 2 is 2.06 bits per heavy atom. The van der Waals surface area contributed by atoms with Crippen LogP contribution in [0.5, 0.6) is 5.75 Å². The largest absolute Gasteiger partial charge is 0.494 e. The maximum absolute atomic E-state index is 12.7. The second kappa shape index (κ2) is 6.51. The van der Waals surface area contributed by atoms with Crippen molar-refractivity contribution in [2.24, 2.45) is 0 Å². The van der Waals surface area contributed by atoms with Crippen molar-refractivity contribution in [1.82, 2.24) is 0 Å². The normalized spacial score (nSPS) is 10.8. The molecule has 0 aromatic heterocycles. The Labute approximate surface area is 97.6 Å². The molecule has 1 radical (unpaired) electrons. The van der Waals surface area contributed by atoms with Crippen LogP contribution >= 0.6 is 0 Å². The summed E-state index contributed by atoms with van der Waals surface area (Å²) in [6.07, 6.45) is 2.06. The lowest BCUT2D eigenvalue weighted by molar-refractivity contribution is 0.339. The average Bonchev–Trinajstić information content (AvgIpc) is 2.31. The minimum atomic E-state index is -0.397. The Hall–Kier alpha value is -1.05. The zero-order valence-electron chi connectivity index (χ0n) is 10.3. The fraction of sp³-hybridized carbons (Fsp3) is 0.500. The van der Waals surface area contributed by atoms with Crippen molar-refractivity contribution >= 4 is 0 Å². The van der Waals surface area contributed by atoms with Gasteiger partial charge in [0, 0.05) is 5.92 Å². The lowest BCUT2D eigenvalue weighted by Gasteiger charge is -2.14. The molecule has 89 valence electrons. The standard InChI is InChI=1S/C14H20FO/c1-4-6-12-7-8-13(16-5-2)9-14(12)11(3)10-15/h7-9H,4-6,10H2,1-3H3. The summed E-state index contributed by atoms with van der Waals surface area (Å²) in [5.41, 5.74) is 2.22. The summed E-state index contributed by atoms with van der Waals surface area (Å²) in [5, 5.41) is 0. The molecule has 0 fully saturated rings. The van der Waals surface area contributed by atoms with Crippen LogP contribution in [-0.2, 0) is 6.42 Å². The third kappa shape index (κ3) is 3.22. The first-order valence-corrected chi connectivity index (χ1v) is 5.87. The van der Waals surface area contributed by atoms with Crippen LogP contribution < -0.4 is 4.74 Å². The van der Waals surface area contributed by atoms with Gasteiger partial charge < -0.3 is 4.74 Å². The van der Waals surface area contributed by atoms with Gasteiger partial charge in [-0.05, 0) is 36.6 Å². The second-order valence-corrected chi connectivity index (χ2v) is 3.92. The number of hydrogen-bond donors (Lipinski definition) is 0. The van der Waals surface area contributed by atoms with E-state index >= 15 is 0 Å². The minimum Gasteiger partial charge on any atom is -0.494 e. The van der Waals surface area contributed by atoms with Crippen LogP contribution in [0.3, 0.4) is 0 Å². The summed E-state index contributed by atoms with van der Waals surface area (Å²) >= 11 is 0. The summed E-state index contributed by atoms with van der Waals surface area (Å²) in [4.78, 5) is 0. The van der Waals surface area contributed by atoms with Crippen LogP contribution in [0.4, 0.5) is 4.39 Å². The minimum absolute atomic E-state index is 0.397. The van der Waals surface area contributed by atoms with E-state index in [1.165, 1.54) is 5.56 Å². The number of aryl methyl sites for hydroxylation is 1. The van der Waals surface area contributed by atoms with Gasteiger partial charge in [0.25, 0.3) is 0 Å². The Kier molecular flexibility index (Phi) is 5.30. The molecule has 16 heavy (non-hydrogen) atoms. The number of rotatable bonds is 6. The fourth-order valence-corrected chi connectivity index (χ4v) is 1.77. The van der Waals surface area contributed by atoms with E-state index in [4.69, 9.17) is 4.74 Å². The smallest absolute Gasteiger partial charge is 0.119 e. The molecule has 0 saturated heterocycles. The fourth-order valence-electron chi connectivity index (χ4n) is 1.77. The molecule has 0 saturated carbocycles. The molecule has 0 N–H and O–H groups in total. The van der Waals surface area contributed by atoms with Gasteiger partial charge in [-0.25, -0.2) is 0 Å². The van der Waals surface area contributed by atoms with Crippen LogP contribution in [0.25, 0.3) is 0 Å². The van der Waals surface area contributed by atoms with Crippen molar-refractivity contribution in [1.29, 1.82) is 0 Å². The summed E-state index contributed by atoms with van der Waals surface area (Å²) in [5.74, 6) is 1.61. The van der Waals surface area contributed by atoms with Gasteiger partial charge in [-0.3, -0.25) is 4.39 Å². The highest BCUT2D eigenvalue weighted by molar-refractivity contribution is 5.43. The van der Waals surface area contributed by atoms with Crippen LogP contribution in [-0.4, -0.2) is 13.3 Å². The number of halogens is 1. The van der Waals surface area contributed by atoms with E-state index in [-0.39, 0.29) is 0 Å². The Balaban J connectivity index is 3.00. The Morgan fingerprint density at radius 1 is 1.31 bits per heavy atom. The molecule has 0 aliphatic rings. The lowest BCUT2D eigenvalue weighted by Crippen LogP contribution is -2.03. The second-order valence-electron chi connectivity index (χ2n) is 3.92. The average molecular weight is 223 g/mol. The predicted molar refractivity (Wildman–Crippen MR) is 65.6 cm³/mol. The first-order chi connectivity index (χ1) is 7.72.